The molecule has 7 nitrogen and oxygen atoms in total. The van der Waals surface area contributed by atoms with Gasteiger partial charge in [0.15, 0.2) is 11.4 Å². The molecule has 2 heterocycles. The highest BCUT2D eigenvalue weighted by Crippen LogP contribution is 2.29. The molecule has 0 saturated heterocycles. The number of aldehydes is 1. The second kappa shape index (κ2) is 5.04. The molecule has 0 aliphatic heterocycles. The van der Waals surface area contributed by atoms with Gasteiger partial charge in [-0.25, -0.2) is 9.89 Å². The molecule has 102 valence electrons. The maximum Gasteiger partial charge on any atom is 0.344 e. The first kappa shape index (κ1) is 13.6. The molecule has 0 aliphatic carbocycles. The van der Waals surface area contributed by atoms with Crippen molar-refractivity contribution < 1.29 is 4.79 Å². The maximum absolute atomic E-state index is 11.7. The van der Waals surface area contributed by atoms with E-state index in [0.717, 1.165) is 6.29 Å². The van der Waals surface area contributed by atoms with Gasteiger partial charge in [0.1, 0.15) is 5.03 Å². The van der Waals surface area contributed by atoms with Crippen LogP contribution in [0.5, 0.6) is 0 Å². The van der Waals surface area contributed by atoms with Crippen LogP contribution in [0.1, 0.15) is 35.9 Å². The SMILES string of the molecule is Cc1nn(C)c(Sc2n[nH]c(=O)n2C(C)C)c1C=O. The summed E-state index contributed by atoms with van der Waals surface area (Å²) in [5.74, 6) is 0. The van der Waals surface area contributed by atoms with Crippen molar-refractivity contribution >= 4 is 18.0 Å². The number of hydrogen-bond acceptors (Lipinski definition) is 5. The first-order chi connectivity index (χ1) is 8.95. The van der Waals surface area contributed by atoms with Crippen LogP contribution in [0, 0.1) is 6.92 Å². The summed E-state index contributed by atoms with van der Waals surface area (Å²) in [6, 6.07) is -0.0113. The van der Waals surface area contributed by atoms with Gasteiger partial charge in [0.25, 0.3) is 0 Å². The zero-order valence-electron chi connectivity index (χ0n) is 11.2. The molecule has 2 aromatic rings. The van der Waals surface area contributed by atoms with E-state index in [9.17, 15) is 9.59 Å². The zero-order chi connectivity index (χ0) is 14.2. The molecule has 0 fully saturated rings. The van der Waals surface area contributed by atoms with Crippen LogP contribution in [-0.2, 0) is 7.05 Å². The van der Waals surface area contributed by atoms with Crippen molar-refractivity contribution in [2.45, 2.75) is 37.0 Å². The second-order valence-corrected chi connectivity index (χ2v) is 5.38. The lowest BCUT2D eigenvalue weighted by atomic mass is 10.3. The van der Waals surface area contributed by atoms with E-state index in [-0.39, 0.29) is 11.7 Å². The molecule has 0 amide bonds. The van der Waals surface area contributed by atoms with Crippen molar-refractivity contribution in [1.82, 2.24) is 24.5 Å². The largest absolute Gasteiger partial charge is 0.344 e. The number of rotatable bonds is 4. The maximum atomic E-state index is 11.7. The summed E-state index contributed by atoms with van der Waals surface area (Å²) in [4.78, 5) is 22.8. The third-order valence-corrected chi connectivity index (χ3v) is 3.86. The number of nitrogens with one attached hydrogen (secondary N) is 1. The average Bonchev–Trinajstić information content (AvgIpc) is 2.81. The third kappa shape index (κ3) is 2.35. The predicted molar refractivity (Wildman–Crippen MR) is 70.7 cm³/mol. The lowest BCUT2D eigenvalue weighted by molar-refractivity contribution is 0.112. The number of hydrogen-bond donors (Lipinski definition) is 1. The standard InChI is InChI=1S/C11H15N5O2S/c1-6(2)16-10(18)12-13-11(16)19-9-8(5-17)7(3)14-15(9)4/h5-6H,1-4H3,(H,12,18). The molecule has 0 saturated carbocycles. The normalized spacial score (nSPS) is 11.2. The van der Waals surface area contributed by atoms with Gasteiger partial charge in [0, 0.05) is 13.1 Å². The van der Waals surface area contributed by atoms with E-state index in [1.807, 2.05) is 13.8 Å². The Balaban J connectivity index is 2.48. The van der Waals surface area contributed by atoms with Gasteiger partial charge in [0.05, 0.1) is 11.3 Å². The lowest BCUT2D eigenvalue weighted by Crippen LogP contribution is -2.19. The zero-order valence-corrected chi connectivity index (χ0v) is 12.0. The molecule has 0 atom stereocenters. The Morgan fingerprint density at radius 3 is 2.68 bits per heavy atom. The number of aromatic nitrogens is 5. The Kier molecular flexibility index (Phi) is 3.61. The van der Waals surface area contributed by atoms with Crippen LogP contribution in [0.3, 0.4) is 0 Å². The number of carbonyl (C=O) groups is 1. The molecular weight excluding hydrogens is 266 g/mol. The highest BCUT2D eigenvalue weighted by atomic mass is 32.2. The van der Waals surface area contributed by atoms with Gasteiger partial charge in [-0.15, -0.1) is 5.10 Å². The predicted octanol–water partition coefficient (Wildman–Crippen LogP) is 1.16. The van der Waals surface area contributed by atoms with E-state index in [1.165, 1.54) is 11.8 Å². The van der Waals surface area contributed by atoms with Crippen LogP contribution in [0.25, 0.3) is 0 Å². The monoisotopic (exact) mass is 281 g/mol. The van der Waals surface area contributed by atoms with Gasteiger partial charge in [-0.1, -0.05) is 0 Å². The van der Waals surface area contributed by atoms with Crippen molar-refractivity contribution in [3.05, 3.63) is 21.7 Å². The van der Waals surface area contributed by atoms with Gasteiger partial charge < -0.3 is 0 Å². The minimum atomic E-state index is -0.260. The molecule has 0 bridgehead atoms. The number of carbonyl (C=O) groups excluding carboxylic acids is 1. The topological polar surface area (TPSA) is 85.6 Å². The lowest BCUT2D eigenvalue weighted by Gasteiger charge is -2.08. The fraction of sp³-hybridized carbons (Fsp3) is 0.455. The summed E-state index contributed by atoms with van der Waals surface area (Å²) in [7, 11) is 1.76. The number of H-pyrrole nitrogens is 1. The first-order valence-electron chi connectivity index (χ1n) is 5.79. The van der Waals surface area contributed by atoms with E-state index in [1.54, 1.807) is 23.2 Å². The number of aromatic amines is 1. The molecule has 2 aromatic heterocycles. The van der Waals surface area contributed by atoms with Gasteiger partial charge in [-0.3, -0.25) is 14.0 Å². The number of aryl methyl sites for hydroxylation is 2. The van der Waals surface area contributed by atoms with Crippen LogP contribution < -0.4 is 5.69 Å². The summed E-state index contributed by atoms with van der Waals surface area (Å²) in [6.07, 6.45) is 0.773. The highest BCUT2D eigenvalue weighted by Gasteiger charge is 2.19. The van der Waals surface area contributed by atoms with E-state index < -0.39 is 0 Å². The molecule has 1 N–H and O–H groups in total. The van der Waals surface area contributed by atoms with Crippen LogP contribution in [0.4, 0.5) is 0 Å². The fourth-order valence-electron chi connectivity index (χ4n) is 1.81. The minimum Gasteiger partial charge on any atom is -0.298 e. The van der Waals surface area contributed by atoms with Crippen LogP contribution in [0.2, 0.25) is 0 Å². The van der Waals surface area contributed by atoms with E-state index >= 15 is 0 Å². The van der Waals surface area contributed by atoms with Crippen molar-refractivity contribution in [1.29, 1.82) is 0 Å². The molecule has 0 unspecified atom stereocenters. The first-order valence-corrected chi connectivity index (χ1v) is 6.61. The molecule has 0 aromatic carbocycles. The van der Waals surface area contributed by atoms with E-state index in [2.05, 4.69) is 15.3 Å². The van der Waals surface area contributed by atoms with Crippen LogP contribution in [0.15, 0.2) is 15.0 Å². The quantitative estimate of drug-likeness (QED) is 0.850. The molecule has 0 aliphatic rings. The van der Waals surface area contributed by atoms with Gasteiger partial charge in [-0.05, 0) is 32.5 Å². The Hall–Kier alpha value is -1.83. The highest BCUT2D eigenvalue weighted by molar-refractivity contribution is 7.99. The molecule has 8 heteroatoms. The fourth-order valence-corrected chi connectivity index (χ4v) is 2.95. The van der Waals surface area contributed by atoms with Gasteiger partial charge >= 0.3 is 5.69 Å². The van der Waals surface area contributed by atoms with Crippen LogP contribution in [-0.4, -0.2) is 30.8 Å². The summed E-state index contributed by atoms with van der Waals surface area (Å²) in [6.45, 7) is 5.57. The summed E-state index contributed by atoms with van der Waals surface area (Å²) >= 11 is 1.25. The Morgan fingerprint density at radius 2 is 2.11 bits per heavy atom. The third-order valence-electron chi connectivity index (χ3n) is 2.71. The van der Waals surface area contributed by atoms with Crippen molar-refractivity contribution in [2.75, 3.05) is 0 Å². The minimum absolute atomic E-state index is 0.0113. The van der Waals surface area contributed by atoms with Gasteiger partial charge in [-0.2, -0.15) is 5.10 Å². The Labute approximate surface area is 114 Å². The molecule has 2 rings (SSSR count). The van der Waals surface area contributed by atoms with Crippen molar-refractivity contribution in [3.8, 4) is 0 Å². The van der Waals surface area contributed by atoms with Crippen molar-refractivity contribution in [2.24, 2.45) is 7.05 Å². The summed E-state index contributed by atoms with van der Waals surface area (Å²) in [5, 5.41) is 11.8. The molecular formula is C11H15N5O2S. The average molecular weight is 281 g/mol. The van der Waals surface area contributed by atoms with E-state index in [4.69, 9.17) is 0 Å². The summed E-state index contributed by atoms with van der Waals surface area (Å²) in [5.41, 5.74) is 0.927. The Morgan fingerprint density at radius 1 is 1.42 bits per heavy atom. The van der Waals surface area contributed by atoms with Crippen molar-refractivity contribution in [3.63, 3.8) is 0 Å². The number of nitrogens with zero attached hydrogens (tertiary/aromatic N) is 4. The molecule has 0 radical (unpaired) electrons. The van der Waals surface area contributed by atoms with Crippen LogP contribution >= 0.6 is 11.8 Å². The molecule has 0 spiro atoms. The van der Waals surface area contributed by atoms with Gasteiger partial charge in [0.2, 0.25) is 0 Å². The van der Waals surface area contributed by atoms with E-state index in [0.29, 0.717) is 21.4 Å². The second-order valence-electron chi connectivity index (χ2n) is 4.42. The Bertz CT molecular complexity index is 667. The molecule has 19 heavy (non-hydrogen) atoms. The smallest absolute Gasteiger partial charge is 0.298 e. The summed E-state index contributed by atoms with van der Waals surface area (Å²) < 4.78 is 3.16.